The number of nitrogens with one attached hydrogen (secondary N) is 1. The van der Waals surface area contributed by atoms with Crippen molar-refractivity contribution in [3.05, 3.63) is 23.8 Å². The highest BCUT2D eigenvalue weighted by molar-refractivity contribution is 5.78. The summed E-state index contributed by atoms with van der Waals surface area (Å²) >= 11 is 0. The summed E-state index contributed by atoms with van der Waals surface area (Å²) in [4.78, 5) is 11.5. The van der Waals surface area contributed by atoms with Crippen molar-refractivity contribution in [2.24, 2.45) is 5.92 Å². The summed E-state index contributed by atoms with van der Waals surface area (Å²) in [6, 6.07) is 0. The van der Waals surface area contributed by atoms with Gasteiger partial charge in [0.1, 0.15) is 0 Å². The van der Waals surface area contributed by atoms with E-state index in [1.165, 1.54) is 0 Å². The molecule has 0 aliphatic heterocycles. The summed E-state index contributed by atoms with van der Waals surface area (Å²) in [5, 5.41) is 2.86. The number of hydrogen-bond donors (Lipinski definition) is 1. The summed E-state index contributed by atoms with van der Waals surface area (Å²) in [6.07, 6.45) is 5.93. The van der Waals surface area contributed by atoms with Crippen LogP contribution in [0.5, 0.6) is 0 Å². The molecule has 0 rings (SSSR count). The van der Waals surface area contributed by atoms with Gasteiger partial charge in [-0.2, -0.15) is 0 Å². The summed E-state index contributed by atoms with van der Waals surface area (Å²) in [5.74, 6) is -0.0700. The Morgan fingerprint density at radius 1 is 1.47 bits per heavy atom. The van der Waals surface area contributed by atoms with Gasteiger partial charge in [0.2, 0.25) is 5.91 Å². The molecule has 0 aliphatic rings. The number of amides is 1. The van der Waals surface area contributed by atoms with Gasteiger partial charge in [-0.15, -0.1) is 0 Å². The fourth-order valence-corrected chi connectivity index (χ4v) is 1.16. The van der Waals surface area contributed by atoms with E-state index < -0.39 is 0 Å². The smallest absolute Gasteiger partial charge is 0.225 e. The molecule has 86 valence electrons. The molecule has 0 aromatic heterocycles. The van der Waals surface area contributed by atoms with Crippen molar-refractivity contribution >= 4 is 5.91 Å². The van der Waals surface area contributed by atoms with Gasteiger partial charge in [0.25, 0.3) is 0 Å². The third-order valence-corrected chi connectivity index (χ3v) is 2.08. The van der Waals surface area contributed by atoms with Crippen LogP contribution in [0.25, 0.3) is 0 Å². The molecule has 1 unspecified atom stereocenters. The molecule has 0 aromatic carbocycles. The van der Waals surface area contributed by atoms with Crippen molar-refractivity contribution in [1.29, 1.82) is 0 Å². The third-order valence-electron chi connectivity index (χ3n) is 2.08. The second-order valence-corrected chi connectivity index (χ2v) is 3.44. The molecule has 0 spiro atoms. The minimum absolute atomic E-state index is 0.0284. The number of methoxy groups -OCH3 is 1. The molecule has 15 heavy (non-hydrogen) atoms. The van der Waals surface area contributed by atoms with Crippen LogP contribution in [0.15, 0.2) is 23.8 Å². The predicted molar refractivity (Wildman–Crippen MR) is 62.6 cm³/mol. The van der Waals surface area contributed by atoms with E-state index in [1.807, 2.05) is 39.0 Å². The Bertz CT molecular complexity index is 244. The molecule has 1 N–H and O–H groups in total. The van der Waals surface area contributed by atoms with Gasteiger partial charge in [-0.1, -0.05) is 25.2 Å². The Balaban J connectivity index is 3.98. The lowest BCUT2D eigenvalue weighted by Crippen LogP contribution is -2.32. The summed E-state index contributed by atoms with van der Waals surface area (Å²) in [5.41, 5.74) is 1.11. The maximum atomic E-state index is 11.5. The zero-order valence-electron chi connectivity index (χ0n) is 10.0. The van der Waals surface area contributed by atoms with Gasteiger partial charge in [0.15, 0.2) is 0 Å². The van der Waals surface area contributed by atoms with E-state index in [-0.39, 0.29) is 11.8 Å². The van der Waals surface area contributed by atoms with Crippen LogP contribution in [-0.2, 0) is 9.53 Å². The molecule has 0 radical (unpaired) electrons. The van der Waals surface area contributed by atoms with Crippen molar-refractivity contribution < 1.29 is 9.53 Å². The highest BCUT2D eigenvalue weighted by atomic mass is 16.5. The van der Waals surface area contributed by atoms with Crippen LogP contribution >= 0.6 is 0 Å². The molecular formula is C12H21NO2. The number of carbonyl (C=O) groups is 1. The van der Waals surface area contributed by atoms with Crippen LogP contribution in [-0.4, -0.2) is 26.2 Å². The molecule has 0 fully saturated rings. The summed E-state index contributed by atoms with van der Waals surface area (Å²) in [7, 11) is 1.60. The Morgan fingerprint density at radius 2 is 2.13 bits per heavy atom. The molecular weight excluding hydrogens is 190 g/mol. The van der Waals surface area contributed by atoms with Crippen LogP contribution in [0, 0.1) is 5.92 Å². The van der Waals surface area contributed by atoms with Crippen LogP contribution in [0.4, 0.5) is 0 Å². The zero-order valence-corrected chi connectivity index (χ0v) is 10.0. The van der Waals surface area contributed by atoms with Crippen molar-refractivity contribution in [1.82, 2.24) is 5.32 Å². The molecule has 3 heteroatoms. The Kier molecular flexibility index (Phi) is 7.64. The van der Waals surface area contributed by atoms with Gasteiger partial charge in [0, 0.05) is 13.7 Å². The lowest BCUT2D eigenvalue weighted by molar-refractivity contribution is -0.125. The second kappa shape index (κ2) is 8.24. The molecule has 0 heterocycles. The van der Waals surface area contributed by atoms with Gasteiger partial charge < -0.3 is 10.1 Å². The quantitative estimate of drug-likeness (QED) is 0.681. The minimum atomic E-state index is -0.0984. The monoisotopic (exact) mass is 211 g/mol. The van der Waals surface area contributed by atoms with E-state index in [9.17, 15) is 4.79 Å². The molecule has 3 nitrogen and oxygen atoms in total. The number of ether oxygens (including phenoxy) is 1. The normalized spacial score (nSPS) is 14.3. The van der Waals surface area contributed by atoms with Crippen LogP contribution < -0.4 is 5.32 Å². The number of carbonyl (C=O) groups excluding carboxylic acids is 1. The second-order valence-electron chi connectivity index (χ2n) is 3.44. The Labute approximate surface area is 92.2 Å². The lowest BCUT2D eigenvalue weighted by atomic mass is 10.1. The fourth-order valence-electron chi connectivity index (χ4n) is 1.16. The van der Waals surface area contributed by atoms with Crippen LogP contribution in [0.2, 0.25) is 0 Å². The van der Waals surface area contributed by atoms with Gasteiger partial charge in [-0.25, -0.2) is 0 Å². The highest BCUT2D eigenvalue weighted by Crippen LogP contribution is 1.98. The third kappa shape index (κ3) is 6.07. The highest BCUT2D eigenvalue weighted by Gasteiger charge is 2.11. The molecule has 0 aromatic rings. The Hall–Kier alpha value is -1.09. The maximum absolute atomic E-state index is 11.5. The van der Waals surface area contributed by atoms with E-state index in [4.69, 9.17) is 4.74 Å². The summed E-state index contributed by atoms with van der Waals surface area (Å²) < 4.78 is 4.92. The molecule has 0 aliphatic carbocycles. The first-order chi connectivity index (χ1) is 7.15. The van der Waals surface area contributed by atoms with Gasteiger partial charge in [-0.05, 0) is 19.4 Å². The summed E-state index contributed by atoms with van der Waals surface area (Å²) in [6.45, 7) is 6.80. The SMILES string of the molecule is C/C=C\C(=C/C)CNC(=O)C(C)COC. The van der Waals surface area contributed by atoms with E-state index >= 15 is 0 Å². The van der Waals surface area contributed by atoms with E-state index in [0.29, 0.717) is 13.2 Å². The standard InChI is InChI=1S/C12H21NO2/c1-5-7-11(6-2)8-13-12(14)10(3)9-15-4/h5-7,10H,8-9H2,1-4H3,(H,13,14)/b7-5-,11-6+. The molecule has 1 amide bonds. The largest absolute Gasteiger partial charge is 0.384 e. The van der Waals surface area contributed by atoms with Crippen molar-refractivity contribution in [2.75, 3.05) is 20.3 Å². The van der Waals surface area contributed by atoms with Gasteiger partial charge in [-0.3, -0.25) is 4.79 Å². The minimum Gasteiger partial charge on any atom is -0.384 e. The van der Waals surface area contributed by atoms with Crippen molar-refractivity contribution in [3.8, 4) is 0 Å². The molecule has 0 saturated carbocycles. The first-order valence-electron chi connectivity index (χ1n) is 5.20. The first-order valence-corrected chi connectivity index (χ1v) is 5.20. The van der Waals surface area contributed by atoms with E-state index in [1.54, 1.807) is 7.11 Å². The lowest BCUT2D eigenvalue weighted by Gasteiger charge is -2.11. The van der Waals surface area contributed by atoms with Crippen LogP contribution in [0.3, 0.4) is 0 Å². The number of allylic oxidation sites excluding steroid dienone is 2. The number of hydrogen-bond acceptors (Lipinski definition) is 2. The maximum Gasteiger partial charge on any atom is 0.225 e. The predicted octanol–water partition coefficient (Wildman–Crippen LogP) is 1.91. The Morgan fingerprint density at radius 3 is 2.60 bits per heavy atom. The fraction of sp³-hybridized carbons (Fsp3) is 0.583. The van der Waals surface area contributed by atoms with Gasteiger partial charge in [0.05, 0.1) is 12.5 Å². The average molecular weight is 211 g/mol. The van der Waals surface area contributed by atoms with E-state index in [0.717, 1.165) is 5.57 Å². The topological polar surface area (TPSA) is 38.3 Å². The molecule has 1 atom stereocenters. The number of rotatable bonds is 6. The van der Waals surface area contributed by atoms with Crippen molar-refractivity contribution in [3.63, 3.8) is 0 Å². The van der Waals surface area contributed by atoms with Crippen LogP contribution in [0.1, 0.15) is 20.8 Å². The van der Waals surface area contributed by atoms with E-state index in [2.05, 4.69) is 5.32 Å². The van der Waals surface area contributed by atoms with Crippen molar-refractivity contribution in [2.45, 2.75) is 20.8 Å². The molecule has 0 bridgehead atoms. The first kappa shape index (κ1) is 13.9. The average Bonchev–Trinajstić information content (AvgIpc) is 2.24. The zero-order chi connectivity index (χ0) is 11.7. The van der Waals surface area contributed by atoms with Gasteiger partial charge >= 0.3 is 0 Å². The molecule has 0 saturated heterocycles.